The standard InChI is InChI=1S/C15H16ClNO2S/c16-12-3-1-4-15(11-12)20(18)10-2-9-19-14-7-5-13(17)6-8-14/h1,3-8,11H,2,9-10,17H2. The van der Waals surface area contributed by atoms with Crippen molar-refractivity contribution in [3.05, 3.63) is 53.6 Å². The average Bonchev–Trinajstić information content (AvgIpc) is 2.45. The van der Waals surface area contributed by atoms with Crippen LogP contribution in [0.15, 0.2) is 53.4 Å². The van der Waals surface area contributed by atoms with Crippen molar-refractivity contribution < 1.29 is 8.95 Å². The SMILES string of the molecule is Nc1ccc(OCCCS(=O)c2cccc(Cl)c2)cc1. The Morgan fingerprint density at radius 1 is 1.15 bits per heavy atom. The molecule has 3 nitrogen and oxygen atoms in total. The van der Waals surface area contributed by atoms with Gasteiger partial charge in [-0.2, -0.15) is 0 Å². The molecule has 0 heterocycles. The minimum atomic E-state index is -1.04. The molecule has 0 bridgehead atoms. The lowest BCUT2D eigenvalue weighted by molar-refractivity contribution is 0.318. The van der Waals surface area contributed by atoms with E-state index < -0.39 is 10.8 Å². The van der Waals surface area contributed by atoms with Crippen LogP contribution in [-0.2, 0) is 10.8 Å². The van der Waals surface area contributed by atoms with E-state index in [2.05, 4.69) is 0 Å². The van der Waals surface area contributed by atoms with Crippen molar-refractivity contribution in [3.63, 3.8) is 0 Å². The number of ether oxygens (including phenoxy) is 1. The van der Waals surface area contributed by atoms with Crippen LogP contribution in [0.25, 0.3) is 0 Å². The first-order valence-corrected chi connectivity index (χ1v) is 7.97. The summed E-state index contributed by atoms with van der Waals surface area (Å²) in [4.78, 5) is 0.755. The van der Waals surface area contributed by atoms with Crippen molar-refractivity contribution in [2.75, 3.05) is 18.1 Å². The maximum atomic E-state index is 12.0. The second-order valence-electron chi connectivity index (χ2n) is 4.28. The largest absolute Gasteiger partial charge is 0.494 e. The molecule has 106 valence electrons. The lowest BCUT2D eigenvalue weighted by Crippen LogP contribution is -2.05. The average molecular weight is 310 g/mol. The van der Waals surface area contributed by atoms with Crippen LogP contribution in [0.3, 0.4) is 0 Å². The van der Waals surface area contributed by atoms with Crippen LogP contribution in [-0.4, -0.2) is 16.6 Å². The molecule has 0 radical (unpaired) electrons. The highest BCUT2D eigenvalue weighted by molar-refractivity contribution is 7.85. The van der Waals surface area contributed by atoms with Crippen LogP contribution in [0.4, 0.5) is 5.69 Å². The number of rotatable bonds is 6. The van der Waals surface area contributed by atoms with Gasteiger partial charge in [0, 0.05) is 21.4 Å². The molecule has 20 heavy (non-hydrogen) atoms. The summed E-state index contributed by atoms with van der Waals surface area (Å²) in [5, 5.41) is 0.606. The Balaban J connectivity index is 1.76. The van der Waals surface area contributed by atoms with E-state index >= 15 is 0 Å². The van der Waals surface area contributed by atoms with Gasteiger partial charge in [-0.25, -0.2) is 0 Å². The Labute approximate surface area is 126 Å². The van der Waals surface area contributed by atoms with Gasteiger partial charge in [-0.05, 0) is 48.9 Å². The minimum absolute atomic E-state index is 0.524. The normalized spacial score (nSPS) is 12.1. The van der Waals surface area contributed by atoms with E-state index in [-0.39, 0.29) is 0 Å². The highest BCUT2D eigenvalue weighted by Gasteiger charge is 2.04. The van der Waals surface area contributed by atoms with E-state index in [0.29, 0.717) is 29.5 Å². The van der Waals surface area contributed by atoms with Crippen LogP contribution >= 0.6 is 11.6 Å². The second kappa shape index (κ2) is 7.31. The molecule has 2 rings (SSSR count). The number of benzene rings is 2. The zero-order chi connectivity index (χ0) is 14.4. The molecule has 0 amide bonds. The fourth-order valence-corrected chi connectivity index (χ4v) is 3.03. The number of hydrogen-bond acceptors (Lipinski definition) is 3. The summed E-state index contributed by atoms with van der Waals surface area (Å²) < 4.78 is 17.6. The summed E-state index contributed by atoms with van der Waals surface area (Å²) in [6, 6.07) is 14.4. The molecule has 0 saturated heterocycles. The molecule has 0 saturated carbocycles. The number of nitrogen functional groups attached to an aromatic ring is 1. The molecule has 0 aliphatic rings. The molecule has 0 aromatic heterocycles. The maximum Gasteiger partial charge on any atom is 0.119 e. The second-order valence-corrected chi connectivity index (χ2v) is 6.29. The fraction of sp³-hybridized carbons (Fsp3) is 0.200. The highest BCUT2D eigenvalue weighted by Crippen LogP contribution is 2.16. The number of hydrogen-bond donors (Lipinski definition) is 1. The van der Waals surface area contributed by atoms with Gasteiger partial charge in [-0.15, -0.1) is 0 Å². The molecular formula is C15H16ClNO2S. The Morgan fingerprint density at radius 3 is 2.60 bits per heavy atom. The molecule has 0 aliphatic heterocycles. The first kappa shape index (κ1) is 14.9. The molecule has 0 spiro atoms. The molecular weight excluding hydrogens is 294 g/mol. The van der Waals surface area contributed by atoms with E-state index in [1.807, 2.05) is 18.2 Å². The molecule has 2 aromatic rings. The van der Waals surface area contributed by atoms with Crippen molar-refractivity contribution in [2.24, 2.45) is 0 Å². The summed E-state index contributed by atoms with van der Waals surface area (Å²) in [5.41, 5.74) is 6.30. The van der Waals surface area contributed by atoms with E-state index in [1.165, 1.54) is 0 Å². The van der Waals surface area contributed by atoms with Crippen molar-refractivity contribution >= 4 is 28.1 Å². The molecule has 0 fully saturated rings. The van der Waals surface area contributed by atoms with Gasteiger partial charge in [0.1, 0.15) is 5.75 Å². The Morgan fingerprint density at radius 2 is 1.90 bits per heavy atom. The van der Waals surface area contributed by atoms with Gasteiger partial charge < -0.3 is 10.5 Å². The number of anilines is 1. The van der Waals surface area contributed by atoms with Crippen molar-refractivity contribution in [3.8, 4) is 5.75 Å². The molecule has 1 unspecified atom stereocenters. The Hall–Kier alpha value is -1.52. The topological polar surface area (TPSA) is 52.3 Å². The van der Waals surface area contributed by atoms with Crippen LogP contribution in [0.1, 0.15) is 6.42 Å². The van der Waals surface area contributed by atoms with Gasteiger partial charge in [0.15, 0.2) is 0 Å². The zero-order valence-electron chi connectivity index (χ0n) is 10.9. The zero-order valence-corrected chi connectivity index (χ0v) is 12.5. The molecule has 1 atom stereocenters. The van der Waals surface area contributed by atoms with Gasteiger partial charge in [0.25, 0.3) is 0 Å². The van der Waals surface area contributed by atoms with E-state index in [0.717, 1.165) is 10.6 Å². The van der Waals surface area contributed by atoms with E-state index in [4.69, 9.17) is 22.1 Å². The van der Waals surface area contributed by atoms with E-state index in [9.17, 15) is 4.21 Å². The third kappa shape index (κ3) is 4.54. The number of halogens is 1. The predicted molar refractivity (Wildman–Crippen MR) is 83.7 cm³/mol. The minimum Gasteiger partial charge on any atom is -0.494 e. The lowest BCUT2D eigenvalue weighted by Gasteiger charge is -2.06. The van der Waals surface area contributed by atoms with Crippen LogP contribution in [0, 0.1) is 0 Å². The molecule has 0 aliphatic carbocycles. The Kier molecular flexibility index (Phi) is 5.44. The third-order valence-corrected chi connectivity index (χ3v) is 4.36. The van der Waals surface area contributed by atoms with Gasteiger partial charge in [0.05, 0.1) is 17.4 Å². The summed E-state index contributed by atoms with van der Waals surface area (Å²) >= 11 is 5.87. The molecule has 2 N–H and O–H groups in total. The van der Waals surface area contributed by atoms with Gasteiger partial charge in [-0.1, -0.05) is 17.7 Å². The van der Waals surface area contributed by atoms with Crippen LogP contribution in [0.5, 0.6) is 5.75 Å². The molecule has 5 heteroatoms. The summed E-state index contributed by atoms with van der Waals surface area (Å²) in [7, 11) is -1.04. The van der Waals surface area contributed by atoms with Crippen molar-refractivity contribution in [2.45, 2.75) is 11.3 Å². The fourth-order valence-electron chi connectivity index (χ4n) is 1.67. The Bertz CT molecular complexity index is 587. The van der Waals surface area contributed by atoms with Gasteiger partial charge in [0.2, 0.25) is 0 Å². The summed E-state index contributed by atoms with van der Waals surface area (Å²) in [6.07, 6.45) is 0.712. The lowest BCUT2D eigenvalue weighted by atomic mass is 10.3. The molecule has 2 aromatic carbocycles. The van der Waals surface area contributed by atoms with Crippen LogP contribution in [0.2, 0.25) is 5.02 Å². The first-order chi connectivity index (χ1) is 9.65. The van der Waals surface area contributed by atoms with Gasteiger partial charge >= 0.3 is 0 Å². The summed E-state index contributed by atoms with van der Waals surface area (Å²) in [5.74, 6) is 1.32. The first-order valence-electron chi connectivity index (χ1n) is 6.27. The number of nitrogens with two attached hydrogens (primary N) is 1. The van der Waals surface area contributed by atoms with Crippen LogP contribution < -0.4 is 10.5 Å². The highest BCUT2D eigenvalue weighted by atomic mass is 35.5. The maximum absolute atomic E-state index is 12.0. The summed E-state index contributed by atoms with van der Waals surface area (Å²) in [6.45, 7) is 0.524. The van der Waals surface area contributed by atoms with Crippen molar-refractivity contribution in [1.29, 1.82) is 0 Å². The quantitative estimate of drug-likeness (QED) is 0.656. The van der Waals surface area contributed by atoms with Gasteiger partial charge in [-0.3, -0.25) is 4.21 Å². The third-order valence-electron chi connectivity index (χ3n) is 2.68. The monoisotopic (exact) mass is 309 g/mol. The smallest absolute Gasteiger partial charge is 0.119 e. The van der Waals surface area contributed by atoms with E-state index in [1.54, 1.807) is 30.3 Å². The predicted octanol–water partition coefficient (Wildman–Crippen LogP) is 3.50. The van der Waals surface area contributed by atoms with Crippen molar-refractivity contribution in [1.82, 2.24) is 0 Å².